The Hall–Kier alpha value is -0.970. The first-order chi connectivity index (χ1) is 10.7. The second kappa shape index (κ2) is 7.07. The van der Waals surface area contributed by atoms with Crippen LogP contribution in [0.25, 0.3) is 0 Å². The molecule has 0 spiro atoms. The molecule has 22 heavy (non-hydrogen) atoms. The van der Waals surface area contributed by atoms with E-state index in [9.17, 15) is 5.11 Å². The fourth-order valence-electron chi connectivity index (χ4n) is 4.00. The number of aliphatic hydroxyl groups is 1. The lowest BCUT2D eigenvalue weighted by Crippen LogP contribution is -2.50. The number of rotatable bonds is 5. The van der Waals surface area contributed by atoms with Gasteiger partial charge in [-0.1, -0.05) is 19.4 Å². The van der Waals surface area contributed by atoms with E-state index in [4.69, 9.17) is 0 Å². The van der Waals surface area contributed by atoms with E-state index >= 15 is 0 Å². The molecule has 1 saturated heterocycles. The lowest BCUT2D eigenvalue weighted by atomic mass is 9.85. The van der Waals surface area contributed by atoms with Crippen LogP contribution in [0.2, 0.25) is 0 Å². The molecule has 4 heteroatoms. The molecule has 122 valence electrons. The predicted octanol–water partition coefficient (Wildman–Crippen LogP) is 2.19. The van der Waals surface area contributed by atoms with E-state index in [0.29, 0.717) is 18.7 Å². The van der Waals surface area contributed by atoms with E-state index in [1.165, 1.54) is 31.2 Å². The summed E-state index contributed by atoms with van der Waals surface area (Å²) in [6.07, 6.45) is 9.83. The van der Waals surface area contributed by atoms with Gasteiger partial charge in [-0.05, 0) is 50.4 Å². The molecule has 4 nitrogen and oxygen atoms in total. The Morgan fingerprint density at radius 3 is 2.86 bits per heavy atom. The summed E-state index contributed by atoms with van der Waals surface area (Å²) < 4.78 is 0. The lowest BCUT2D eigenvalue weighted by Gasteiger charge is -2.38. The van der Waals surface area contributed by atoms with Crippen molar-refractivity contribution in [3.8, 4) is 0 Å². The quantitative estimate of drug-likeness (QED) is 0.875. The van der Waals surface area contributed by atoms with Crippen molar-refractivity contribution < 1.29 is 5.11 Å². The second-order valence-electron chi connectivity index (χ2n) is 7.34. The van der Waals surface area contributed by atoms with Crippen LogP contribution in [0.4, 0.5) is 0 Å². The van der Waals surface area contributed by atoms with Gasteiger partial charge in [0.05, 0.1) is 0 Å². The van der Waals surface area contributed by atoms with Gasteiger partial charge in [0.1, 0.15) is 0 Å². The third-order valence-electron chi connectivity index (χ3n) is 5.60. The number of nitrogens with one attached hydrogen (secondary N) is 1. The molecule has 1 aromatic heterocycles. The Balaban J connectivity index is 1.46. The number of hydrogen-bond donors (Lipinski definition) is 2. The minimum Gasteiger partial charge on any atom is -0.396 e. The Morgan fingerprint density at radius 2 is 2.18 bits per heavy atom. The van der Waals surface area contributed by atoms with Crippen molar-refractivity contribution in [1.82, 2.24) is 15.2 Å². The highest BCUT2D eigenvalue weighted by Gasteiger charge is 2.39. The van der Waals surface area contributed by atoms with E-state index < -0.39 is 0 Å². The first-order valence-electron chi connectivity index (χ1n) is 8.68. The van der Waals surface area contributed by atoms with Crippen LogP contribution in [-0.2, 0) is 6.54 Å². The molecule has 0 radical (unpaired) electrons. The molecule has 1 aliphatic carbocycles. The monoisotopic (exact) mass is 303 g/mol. The first kappa shape index (κ1) is 15.9. The zero-order valence-electron chi connectivity index (χ0n) is 13.7. The molecule has 1 saturated carbocycles. The van der Waals surface area contributed by atoms with Gasteiger partial charge in [-0.15, -0.1) is 0 Å². The minimum absolute atomic E-state index is 0.0901. The van der Waals surface area contributed by atoms with E-state index in [0.717, 1.165) is 26.1 Å². The van der Waals surface area contributed by atoms with Crippen LogP contribution in [0.1, 0.15) is 44.6 Å². The summed E-state index contributed by atoms with van der Waals surface area (Å²) in [5.41, 5.74) is 1.39. The van der Waals surface area contributed by atoms with Crippen molar-refractivity contribution in [1.29, 1.82) is 0 Å². The van der Waals surface area contributed by atoms with Crippen molar-refractivity contribution in [2.24, 2.45) is 5.41 Å². The molecule has 3 rings (SSSR count). The topological polar surface area (TPSA) is 48.4 Å². The summed E-state index contributed by atoms with van der Waals surface area (Å²) >= 11 is 0. The van der Waals surface area contributed by atoms with Crippen LogP contribution in [0.3, 0.4) is 0 Å². The summed E-state index contributed by atoms with van der Waals surface area (Å²) in [5, 5.41) is 13.5. The zero-order valence-corrected chi connectivity index (χ0v) is 13.7. The maximum atomic E-state index is 9.68. The summed E-state index contributed by atoms with van der Waals surface area (Å²) in [6, 6.07) is 5.27. The maximum Gasteiger partial charge on any atom is 0.0499 e. The molecule has 2 unspecified atom stereocenters. The fraction of sp³-hybridized carbons (Fsp3) is 0.722. The summed E-state index contributed by atoms with van der Waals surface area (Å²) in [6.45, 7) is 5.85. The highest BCUT2D eigenvalue weighted by atomic mass is 16.3. The first-order valence-corrected chi connectivity index (χ1v) is 8.68. The smallest absolute Gasteiger partial charge is 0.0499 e. The van der Waals surface area contributed by atoms with E-state index in [-0.39, 0.29) is 5.41 Å². The van der Waals surface area contributed by atoms with Crippen LogP contribution in [0.15, 0.2) is 24.5 Å². The number of aromatic nitrogens is 1. The van der Waals surface area contributed by atoms with Crippen molar-refractivity contribution in [3.05, 3.63) is 30.1 Å². The Kier molecular flexibility index (Phi) is 5.11. The Bertz CT molecular complexity index is 459. The zero-order chi connectivity index (χ0) is 15.4. The van der Waals surface area contributed by atoms with Gasteiger partial charge < -0.3 is 10.4 Å². The third-order valence-corrected chi connectivity index (χ3v) is 5.60. The van der Waals surface area contributed by atoms with Crippen LogP contribution >= 0.6 is 0 Å². The van der Waals surface area contributed by atoms with Gasteiger partial charge in [0, 0.05) is 43.0 Å². The molecular weight excluding hydrogens is 274 g/mol. The van der Waals surface area contributed by atoms with Crippen LogP contribution in [-0.4, -0.2) is 46.8 Å². The standard InChI is InChI=1S/C18H29N3O/c1-18(14-22)8-2-5-17(18)20-16-6-10-21(11-7-16)13-15-4-3-9-19-12-15/h3-4,9,12,16-17,20,22H,2,5-8,10-11,13-14H2,1H3. The normalized spacial score (nSPS) is 30.7. The van der Waals surface area contributed by atoms with Gasteiger partial charge in [-0.25, -0.2) is 0 Å². The molecule has 1 aromatic rings. The molecule has 2 atom stereocenters. The summed E-state index contributed by atoms with van der Waals surface area (Å²) in [5.74, 6) is 0. The number of nitrogens with zero attached hydrogens (tertiary/aromatic N) is 2. The number of piperidine rings is 1. The number of pyridine rings is 1. The number of hydrogen-bond acceptors (Lipinski definition) is 4. The molecular formula is C18H29N3O. The largest absolute Gasteiger partial charge is 0.396 e. The van der Waals surface area contributed by atoms with Crippen molar-refractivity contribution in [2.45, 2.75) is 57.7 Å². The summed E-state index contributed by atoms with van der Waals surface area (Å²) in [7, 11) is 0. The van der Waals surface area contributed by atoms with Crippen molar-refractivity contribution >= 4 is 0 Å². The third kappa shape index (κ3) is 3.67. The van der Waals surface area contributed by atoms with E-state index in [2.05, 4.69) is 28.2 Å². The Labute approximate surface area is 133 Å². The average molecular weight is 303 g/mol. The minimum atomic E-state index is 0.0901. The SMILES string of the molecule is CC1(CO)CCCC1NC1CCN(Cc2cccnc2)CC1. The molecule has 0 aromatic carbocycles. The number of likely N-dealkylation sites (tertiary alicyclic amines) is 1. The molecule has 2 N–H and O–H groups in total. The average Bonchev–Trinajstić information content (AvgIpc) is 2.92. The van der Waals surface area contributed by atoms with Gasteiger partial charge in [-0.3, -0.25) is 9.88 Å². The number of aliphatic hydroxyl groups excluding tert-OH is 1. The second-order valence-corrected chi connectivity index (χ2v) is 7.34. The van der Waals surface area contributed by atoms with Gasteiger partial charge in [0.15, 0.2) is 0 Å². The van der Waals surface area contributed by atoms with Crippen molar-refractivity contribution in [2.75, 3.05) is 19.7 Å². The van der Waals surface area contributed by atoms with E-state index in [1.54, 1.807) is 0 Å². The molecule has 2 heterocycles. The van der Waals surface area contributed by atoms with E-state index in [1.807, 2.05) is 18.5 Å². The van der Waals surface area contributed by atoms with Gasteiger partial charge in [-0.2, -0.15) is 0 Å². The highest BCUT2D eigenvalue weighted by molar-refractivity contribution is 5.08. The molecule has 0 amide bonds. The summed E-state index contributed by atoms with van der Waals surface area (Å²) in [4.78, 5) is 6.72. The fourth-order valence-corrected chi connectivity index (χ4v) is 4.00. The van der Waals surface area contributed by atoms with Gasteiger partial charge in [0.25, 0.3) is 0 Å². The van der Waals surface area contributed by atoms with Gasteiger partial charge >= 0.3 is 0 Å². The van der Waals surface area contributed by atoms with Crippen LogP contribution < -0.4 is 5.32 Å². The predicted molar refractivity (Wildman–Crippen MR) is 88.5 cm³/mol. The van der Waals surface area contributed by atoms with Crippen molar-refractivity contribution in [3.63, 3.8) is 0 Å². The van der Waals surface area contributed by atoms with Crippen LogP contribution in [0, 0.1) is 5.41 Å². The van der Waals surface area contributed by atoms with Crippen LogP contribution in [0.5, 0.6) is 0 Å². The Morgan fingerprint density at radius 1 is 1.36 bits per heavy atom. The molecule has 0 bridgehead atoms. The molecule has 2 aliphatic rings. The maximum absolute atomic E-state index is 9.68. The highest BCUT2D eigenvalue weighted by Crippen LogP contribution is 2.38. The molecule has 2 fully saturated rings. The lowest BCUT2D eigenvalue weighted by molar-refractivity contribution is 0.102. The van der Waals surface area contributed by atoms with Gasteiger partial charge in [0.2, 0.25) is 0 Å². The molecule has 1 aliphatic heterocycles.